The molecule has 0 radical (unpaired) electrons. The topological polar surface area (TPSA) is 155 Å². The molecule has 34 heavy (non-hydrogen) atoms. The summed E-state index contributed by atoms with van der Waals surface area (Å²) >= 11 is 1.11. The number of aliphatic hydroxyl groups is 1. The molecule has 1 aromatic heterocycles. The predicted octanol–water partition coefficient (Wildman–Crippen LogP) is 4.23. The van der Waals surface area contributed by atoms with Gasteiger partial charge in [-0.15, -0.1) is 11.3 Å². The van der Waals surface area contributed by atoms with Crippen molar-refractivity contribution in [2.75, 3.05) is 13.8 Å². The second kappa shape index (κ2) is 14.5. The van der Waals surface area contributed by atoms with E-state index < -0.39 is 36.0 Å². The van der Waals surface area contributed by atoms with Crippen molar-refractivity contribution in [1.29, 1.82) is 0 Å². The van der Waals surface area contributed by atoms with Gasteiger partial charge in [-0.1, -0.05) is 46.2 Å². The first kappa shape index (κ1) is 29.3. The molecular formula is C22H35N5O6S. The van der Waals surface area contributed by atoms with Gasteiger partial charge in [0.15, 0.2) is 12.4 Å². The van der Waals surface area contributed by atoms with Crippen LogP contribution < -0.4 is 0 Å². The molecule has 0 saturated heterocycles. The molecule has 190 valence electrons. The maximum absolute atomic E-state index is 13.5. The molecule has 0 aliphatic carbocycles. The number of hydrogen-bond donors (Lipinski definition) is 1. The van der Waals surface area contributed by atoms with Gasteiger partial charge in [0.1, 0.15) is 17.2 Å². The molecule has 0 aromatic carbocycles. The zero-order valence-electron chi connectivity index (χ0n) is 20.6. The van der Waals surface area contributed by atoms with Crippen LogP contribution in [0, 0.1) is 11.8 Å². The van der Waals surface area contributed by atoms with E-state index in [1.54, 1.807) is 0 Å². The quantitative estimate of drug-likeness (QED) is 0.132. The number of amides is 1. The third-order valence-corrected chi connectivity index (χ3v) is 6.50. The molecule has 0 saturated carbocycles. The van der Waals surface area contributed by atoms with E-state index in [2.05, 4.69) is 19.7 Å². The van der Waals surface area contributed by atoms with Gasteiger partial charge in [-0.25, -0.2) is 9.78 Å². The Hall–Kier alpha value is -2.69. The van der Waals surface area contributed by atoms with Crippen molar-refractivity contribution in [3.8, 4) is 0 Å². The Morgan fingerprint density at radius 2 is 1.97 bits per heavy atom. The van der Waals surface area contributed by atoms with Crippen LogP contribution in [0.15, 0.2) is 10.5 Å². The molecule has 1 unspecified atom stereocenters. The molecule has 0 fully saturated rings. The van der Waals surface area contributed by atoms with E-state index in [1.807, 2.05) is 34.6 Å². The monoisotopic (exact) mass is 497 g/mol. The summed E-state index contributed by atoms with van der Waals surface area (Å²) in [6, 6.07) is -1.55. The zero-order valence-corrected chi connectivity index (χ0v) is 21.4. The number of carbonyl (C=O) groups is 3. The standard InChI is InChI=1S/C22H35N5O6S/c1-7-9-18(29)33-12-27(21(30)19(25-26-23)14(5)8-2)16(13(3)4)10-17(28)20-24-15(11-34-20)22(31)32-6/h11,13-14,16-17,19,28H,7-10,12H2,1-6H3/t14-,16+,17+,19?/m0/s1. The highest BCUT2D eigenvalue weighted by Gasteiger charge is 2.35. The number of thiazole rings is 1. The Bertz CT molecular complexity index is 870. The molecule has 4 atom stereocenters. The van der Waals surface area contributed by atoms with E-state index in [-0.39, 0.29) is 37.1 Å². The Morgan fingerprint density at radius 3 is 2.50 bits per heavy atom. The fraction of sp³-hybridized carbons (Fsp3) is 0.727. The summed E-state index contributed by atoms with van der Waals surface area (Å²) in [5, 5.41) is 16.4. The van der Waals surface area contributed by atoms with Crippen molar-refractivity contribution in [3.63, 3.8) is 0 Å². The smallest absolute Gasteiger partial charge is 0.357 e. The SMILES string of the molecule is CCCC(=O)OCN(C(=O)C(N=[N+]=[N-])[C@@H](C)CC)[C@H](C[C@@H](O)c1nc(C(=O)OC)cs1)C(C)C. The van der Waals surface area contributed by atoms with Gasteiger partial charge in [0, 0.05) is 29.2 Å². The van der Waals surface area contributed by atoms with Gasteiger partial charge in [-0.3, -0.25) is 9.59 Å². The first-order valence-electron chi connectivity index (χ1n) is 11.3. The lowest BCUT2D eigenvalue weighted by Crippen LogP contribution is -2.50. The van der Waals surface area contributed by atoms with E-state index in [9.17, 15) is 19.5 Å². The number of ether oxygens (including phenoxy) is 2. The highest BCUT2D eigenvalue weighted by Crippen LogP contribution is 2.29. The predicted molar refractivity (Wildman–Crippen MR) is 127 cm³/mol. The van der Waals surface area contributed by atoms with Crippen molar-refractivity contribution in [3.05, 3.63) is 26.5 Å². The molecular weight excluding hydrogens is 462 g/mol. The van der Waals surface area contributed by atoms with Gasteiger partial charge < -0.3 is 19.5 Å². The number of hydrogen-bond acceptors (Lipinski definition) is 9. The minimum absolute atomic E-state index is 0.0757. The first-order chi connectivity index (χ1) is 16.1. The highest BCUT2D eigenvalue weighted by molar-refractivity contribution is 7.09. The number of azide groups is 1. The van der Waals surface area contributed by atoms with Crippen LogP contribution in [0.25, 0.3) is 10.4 Å². The number of aliphatic hydroxyl groups excluding tert-OH is 1. The lowest BCUT2D eigenvalue weighted by atomic mass is 9.93. The van der Waals surface area contributed by atoms with E-state index in [4.69, 9.17) is 10.3 Å². The average molecular weight is 498 g/mol. The summed E-state index contributed by atoms with van der Waals surface area (Å²) in [5.41, 5.74) is 9.11. The molecule has 0 spiro atoms. The Kier molecular flexibility index (Phi) is 12.6. The van der Waals surface area contributed by atoms with Crippen LogP contribution in [-0.4, -0.2) is 58.8 Å². The van der Waals surface area contributed by atoms with Crippen LogP contribution in [-0.2, 0) is 19.1 Å². The van der Waals surface area contributed by atoms with Gasteiger partial charge in [-0.05, 0) is 23.8 Å². The number of aromatic nitrogens is 1. The molecule has 1 amide bonds. The fourth-order valence-corrected chi connectivity index (χ4v) is 4.11. The van der Waals surface area contributed by atoms with Crippen molar-refractivity contribution in [2.45, 2.75) is 78.5 Å². The van der Waals surface area contributed by atoms with E-state index >= 15 is 0 Å². The van der Waals surface area contributed by atoms with Crippen LogP contribution in [0.1, 0.15) is 81.9 Å². The summed E-state index contributed by atoms with van der Waals surface area (Å²) in [6.45, 7) is 8.95. The molecule has 0 aliphatic rings. The van der Waals surface area contributed by atoms with Gasteiger partial charge in [0.2, 0.25) is 5.91 Å². The summed E-state index contributed by atoms with van der Waals surface area (Å²) < 4.78 is 10.0. The largest absolute Gasteiger partial charge is 0.464 e. The third kappa shape index (κ3) is 8.27. The summed E-state index contributed by atoms with van der Waals surface area (Å²) in [7, 11) is 1.24. The van der Waals surface area contributed by atoms with Crippen LogP contribution in [0.2, 0.25) is 0 Å². The molecule has 0 aliphatic heterocycles. The van der Waals surface area contributed by atoms with E-state index in [1.165, 1.54) is 17.4 Å². The lowest BCUT2D eigenvalue weighted by molar-refractivity contribution is -0.158. The molecule has 1 rings (SSSR count). The maximum Gasteiger partial charge on any atom is 0.357 e. The molecule has 0 bridgehead atoms. The normalized spacial score (nSPS) is 14.5. The van der Waals surface area contributed by atoms with Gasteiger partial charge in [-0.2, -0.15) is 0 Å². The molecule has 11 nitrogen and oxygen atoms in total. The zero-order chi connectivity index (χ0) is 25.8. The van der Waals surface area contributed by atoms with Crippen molar-refractivity contribution >= 4 is 29.2 Å². The fourth-order valence-electron chi connectivity index (χ4n) is 3.32. The number of esters is 2. The minimum atomic E-state index is -1.08. The summed E-state index contributed by atoms with van der Waals surface area (Å²) in [4.78, 5) is 45.6. The van der Waals surface area contributed by atoms with E-state index in [0.29, 0.717) is 17.8 Å². The average Bonchev–Trinajstić information content (AvgIpc) is 3.31. The Balaban J connectivity index is 3.26. The summed E-state index contributed by atoms with van der Waals surface area (Å²) in [6.07, 6.45) is 0.395. The van der Waals surface area contributed by atoms with Gasteiger partial charge >= 0.3 is 11.9 Å². The van der Waals surface area contributed by atoms with Crippen LogP contribution in [0.3, 0.4) is 0 Å². The van der Waals surface area contributed by atoms with Gasteiger partial charge in [0.05, 0.1) is 7.11 Å². The van der Waals surface area contributed by atoms with Crippen LogP contribution >= 0.6 is 11.3 Å². The number of carbonyl (C=O) groups excluding carboxylic acids is 3. The molecule has 1 aromatic rings. The Morgan fingerprint density at radius 1 is 1.29 bits per heavy atom. The van der Waals surface area contributed by atoms with Crippen LogP contribution in [0.4, 0.5) is 0 Å². The third-order valence-electron chi connectivity index (χ3n) is 5.55. The number of methoxy groups -OCH3 is 1. The van der Waals surface area contributed by atoms with Gasteiger partial charge in [0.25, 0.3) is 0 Å². The highest BCUT2D eigenvalue weighted by atomic mass is 32.1. The van der Waals surface area contributed by atoms with Crippen molar-refractivity contribution < 1.29 is 29.0 Å². The van der Waals surface area contributed by atoms with Crippen molar-refractivity contribution in [1.82, 2.24) is 9.88 Å². The molecule has 1 heterocycles. The lowest BCUT2D eigenvalue weighted by Gasteiger charge is -2.37. The second-order valence-corrected chi connectivity index (χ2v) is 9.25. The summed E-state index contributed by atoms with van der Waals surface area (Å²) in [5.74, 6) is -1.92. The van der Waals surface area contributed by atoms with Crippen molar-refractivity contribution in [2.24, 2.45) is 17.0 Å². The maximum atomic E-state index is 13.5. The van der Waals surface area contributed by atoms with Crippen LogP contribution in [0.5, 0.6) is 0 Å². The number of nitrogens with zero attached hydrogens (tertiary/aromatic N) is 5. The first-order valence-corrected chi connectivity index (χ1v) is 12.2. The molecule has 1 N–H and O–H groups in total. The second-order valence-electron chi connectivity index (χ2n) is 8.36. The molecule has 12 heteroatoms. The van der Waals surface area contributed by atoms with E-state index in [0.717, 1.165) is 11.3 Å². The minimum Gasteiger partial charge on any atom is -0.464 e. The Labute approximate surface area is 204 Å². The number of rotatable bonds is 14.